The first kappa shape index (κ1) is 10.6. The predicted octanol–water partition coefficient (Wildman–Crippen LogP) is 2.00. The van der Waals surface area contributed by atoms with Crippen molar-refractivity contribution in [1.29, 1.82) is 0 Å². The maximum atomic E-state index is 11.5. The molecule has 17 heavy (non-hydrogen) atoms. The van der Waals surface area contributed by atoms with Gasteiger partial charge >= 0.3 is 0 Å². The minimum Gasteiger partial charge on any atom is -0.493 e. The Hall–Kier alpha value is -1.51. The zero-order chi connectivity index (χ0) is 12.0. The van der Waals surface area contributed by atoms with E-state index in [9.17, 15) is 4.79 Å². The van der Waals surface area contributed by atoms with Crippen molar-refractivity contribution in [2.75, 3.05) is 6.61 Å². The molecule has 0 spiro atoms. The molecule has 0 aromatic heterocycles. The third-order valence-corrected chi connectivity index (χ3v) is 3.84. The quantitative estimate of drug-likeness (QED) is 0.803. The molecule has 1 fully saturated rings. The molecule has 1 N–H and O–H groups in total. The van der Waals surface area contributed by atoms with E-state index in [0.717, 1.165) is 18.8 Å². The molecule has 2 aliphatic rings. The van der Waals surface area contributed by atoms with Gasteiger partial charge in [0.2, 0.25) is 5.91 Å². The van der Waals surface area contributed by atoms with E-state index in [2.05, 4.69) is 31.3 Å². The highest BCUT2D eigenvalue weighted by Crippen LogP contribution is 2.38. The summed E-state index contributed by atoms with van der Waals surface area (Å²) in [5.41, 5.74) is 2.38. The summed E-state index contributed by atoms with van der Waals surface area (Å²) in [5, 5.41) is 3.04. The Bertz CT molecular complexity index is 479. The van der Waals surface area contributed by atoms with Gasteiger partial charge in [-0.25, -0.2) is 0 Å². The van der Waals surface area contributed by atoms with Crippen molar-refractivity contribution in [1.82, 2.24) is 5.32 Å². The zero-order valence-electron chi connectivity index (χ0n) is 10.2. The van der Waals surface area contributed by atoms with Crippen molar-refractivity contribution >= 4 is 5.91 Å². The molecule has 0 bridgehead atoms. The molecule has 0 radical (unpaired) electrons. The average molecular weight is 231 g/mol. The Morgan fingerprint density at radius 2 is 2.24 bits per heavy atom. The predicted molar refractivity (Wildman–Crippen MR) is 65.2 cm³/mol. The van der Waals surface area contributed by atoms with Crippen LogP contribution >= 0.6 is 0 Å². The second kappa shape index (κ2) is 3.49. The first-order valence-electron chi connectivity index (χ1n) is 6.13. The number of ether oxygens (including phenoxy) is 1. The third kappa shape index (κ3) is 1.70. The SMILES string of the molecule is CC1(C)NC(=O)CC1c1ccc2c(c1)CCO2. The van der Waals surface area contributed by atoms with Crippen molar-refractivity contribution in [2.24, 2.45) is 0 Å². The molecule has 0 saturated carbocycles. The molecule has 1 aromatic carbocycles. The van der Waals surface area contributed by atoms with Crippen molar-refractivity contribution in [3.05, 3.63) is 29.3 Å². The molecule has 1 amide bonds. The van der Waals surface area contributed by atoms with Gasteiger partial charge in [-0.2, -0.15) is 0 Å². The topological polar surface area (TPSA) is 38.3 Å². The standard InChI is InChI=1S/C14H17NO2/c1-14(2)11(8-13(16)15-14)9-3-4-12-10(7-9)5-6-17-12/h3-4,7,11H,5-6,8H2,1-2H3,(H,15,16). The summed E-state index contributed by atoms with van der Waals surface area (Å²) in [6.07, 6.45) is 1.57. The summed E-state index contributed by atoms with van der Waals surface area (Å²) in [5.74, 6) is 1.42. The molecule has 3 heteroatoms. The number of carbonyl (C=O) groups excluding carboxylic acids is 1. The summed E-state index contributed by atoms with van der Waals surface area (Å²) < 4.78 is 5.51. The molecule has 1 unspecified atom stereocenters. The minimum atomic E-state index is -0.148. The van der Waals surface area contributed by atoms with E-state index in [1.807, 2.05) is 6.07 Å². The molecule has 0 aliphatic carbocycles. The van der Waals surface area contributed by atoms with Crippen molar-refractivity contribution in [2.45, 2.75) is 38.1 Å². The van der Waals surface area contributed by atoms with Gasteiger partial charge in [-0.3, -0.25) is 4.79 Å². The summed E-state index contributed by atoms with van der Waals surface area (Å²) in [4.78, 5) is 11.5. The molecular formula is C14H17NO2. The molecule has 90 valence electrons. The van der Waals surface area contributed by atoms with Crippen LogP contribution in [-0.4, -0.2) is 18.1 Å². The van der Waals surface area contributed by atoms with Crippen LogP contribution in [0.3, 0.4) is 0 Å². The molecule has 1 aromatic rings. The van der Waals surface area contributed by atoms with Crippen LogP contribution < -0.4 is 10.1 Å². The number of amides is 1. The highest BCUT2D eigenvalue weighted by atomic mass is 16.5. The van der Waals surface area contributed by atoms with Gasteiger partial charge in [-0.05, 0) is 31.0 Å². The smallest absolute Gasteiger partial charge is 0.221 e. The fourth-order valence-corrected chi connectivity index (χ4v) is 2.90. The second-order valence-electron chi connectivity index (χ2n) is 5.49. The fourth-order valence-electron chi connectivity index (χ4n) is 2.90. The van der Waals surface area contributed by atoms with Crippen molar-refractivity contribution in [3.8, 4) is 5.75 Å². The number of rotatable bonds is 1. The summed E-state index contributed by atoms with van der Waals surface area (Å²) in [6.45, 7) is 4.96. The summed E-state index contributed by atoms with van der Waals surface area (Å²) in [7, 11) is 0. The highest BCUT2D eigenvalue weighted by molar-refractivity contribution is 5.81. The Kier molecular flexibility index (Phi) is 2.18. The van der Waals surface area contributed by atoms with Gasteiger partial charge in [0.25, 0.3) is 0 Å². The third-order valence-electron chi connectivity index (χ3n) is 3.84. The maximum absolute atomic E-state index is 11.5. The van der Waals surface area contributed by atoms with E-state index in [-0.39, 0.29) is 17.4 Å². The highest BCUT2D eigenvalue weighted by Gasteiger charge is 2.40. The molecule has 3 rings (SSSR count). The van der Waals surface area contributed by atoms with E-state index in [1.165, 1.54) is 11.1 Å². The van der Waals surface area contributed by atoms with Crippen molar-refractivity contribution < 1.29 is 9.53 Å². The molecule has 1 atom stereocenters. The lowest BCUT2D eigenvalue weighted by Crippen LogP contribution is -2.38. The summed E-state index contributed by atoms with van der Waals surface area (Å²) >= 11 is 0. The van der Waals surface area contributed by atoms with Crippen LogP contribution in [0.2, 0.25) is 0 Å². The number of carbonyl (C=O) groups is 1. The Balaban J connectivity index is 1.97. The second-order valence-corrected chi connectivity index (χ2v) is 5.49. The van der Waals surface area contributed by atoms with Gasteiger partial charge in [0, 0.05) is 24.3 Å². The Labute approximate surface area is 101 Å². The van der Waals surface area contributed by atoms with E-state index < -0.39 is 0 Å². The lowest BCUT2D eigenvalue weighted by molar-refractivity contribution is -0.119. The van der Waals surface area contributed by atoms with Crippen LogP contribution in [0, 0.1) is 0 Å². The fraction of sp³-hybridized carbons (Fsp3) is 0.500. The molecule has 3 nitrogen and oxygen atoms in total. The van der Waals surface area contributed by atoms with Crippen LogP contribution in [0.1, 0.15) is 37.3 Å². The van der Waals surface area contributed by atoms with E-state index >= 15 is 0 Å². The molecule has 1 saturated heterocycles. The number of fused-ring (bicyclic) bond motifs is 1. The monoisotopic (exact) mass is 231 g/mol. The normalized spacial score (nSPS) is 25.3. The van der Waals surface area contributed by atoms with Gasteiger partial charge in [0.05, 0.1) is 6.61 Å². The number of hydrogen-bond donors (Lipinski definition) is 1. The summed E-state index contributed by atoms with van der Waals surface area (Å²) in [6, 6.07) is 6.34. The molecule has 2 aliphatic heterocycles. The van der Waals surface area contributed by atoms with Gasteiger partial charge in [0.15, 0.2) is 0 Å². The largest absolute Gasteiger partial charge is 0.493 e. The lowest BCUT2D eigenvalue weighted by atomic mass is 9.82. The van der Waals surface area contributed by atoms with Gasteiger partial charge in [0.1, 0.15) is 5.75 Å². The maximum Gasteiger partial charge on any atom is 0.221 e. The average Bonchev–Trinajstić information content (AvgIpc) is 2.80. The van der Waals surface area contributed by atoms with Crippen LogP contribution in [0.4, 0.5) is 0 Å². The van der Waals surface area contributed by atoms with E-state index in [1.54, 1.807) is 0 Å². The van der Waals surface area contributed by atoms with E-state index in [0.29, 0.717) is 6.42 Å². The van der Waals surface area contributed by atoms with Gasteiger partial charge in [-0.15, -0.1) is 0 Å². The van der Waals surface area contributed by atoms with Crippen LogP contribution in [0.5, 0.6) is 5.75 Å². The number of nitrogens with one attached hydrogen (secondary N) is 1. The lowest BCUT2D eigenvalue weighted by Gasteiger charge is -2.26. The van der Waals surface area contributed by atoms with Gasteiger partial charge in [-0.1, -0.05) is 12.1 Å². The Morgan fingerprint density at radius 3 is 2.94 bits per heavy atom. The van der Waals surface area contributed by atoms with E-state index in [4.69, 9.17) is 4.74 Å². The van der Waals surface area contributed by atoms with Crippen molar-refractivity contribution in [3.63, 3.8) is 0 Å². The van der Waals surface area contributed by atoms with Gasteiger partial charge < -0.3 is 10.1 Å². The number of benzene rings is 1. The first-order valence-corrected chi connectivity index (χ1v) is 6.13. The Morgan fingerprint density at radius 1 is 1.41 bits per heavy atom. The minimum absolute atomic E-state index is 0.148. The zero-order valence-corrected chi connectivity index (χ0v) is 10.2. The number of hydrogen-bond acceptors (Lipinski definition) is 2. The molecule has 2 heterocycles. The first-order chi connectivity index (χ1) is 8.06. The van der Waals surface area contributed by atoms with Crippen LogP contribution in [0.15, 0.2) is 18.2 Å². The van der Waals surface area contributed by atoms with Crippen LogP contribution in [-0.2, 0) is 11.2 Å². The molecular weight excluding hydrogens is 214 g/mol. The van der Waals surface area contributed by atoms with Crippen LogP contribution in [0.25, 0.3) is 0 Å².